The van der Waals surface area contributed by atoms with Crippen LogP contribution in [-0.4, -0.2) is 42.0 Å². The molecule has 1 amide bonds. The number of aryl methyl sites for hydroxylation is 1. The molecule has 27 heavy (non-hydrogen) atoms. The number of aliphatic hydroxyl groups excluding tert-OH is 1. The molecule has 1 N–H and O–H groups in total. The SMILES string of the molecule is COCCCN1C(=O)C(=O)/C(=C(/O)c2ccccc2)[C@@H]1c1ccc(C)cc1. The molecule has 0 unspecified atom stereocenters. The molecule has 0 aromatic heterocycles. The number of benzene rings is 2. The van der Waals surface area contributed by atoms with Crippen molar-refractivity contribution < 1.29 is 19.4 Å². The summed E-state index contributed by atoms with van der Waals surface area (Å²) in [5.74, 6) is -1.39. The van der Waals surface area contributed by atoms with Gasteiger partial charge in [-0.3, -0.25) is 9.59 Å². The summed E-state index contributed by atoms with van der Waals surface area (Å²) >= 11 is 0. The van der Waals surface area contributed by atoms with Crippen LogP contribution in [0.1, 0.15) is 29.2 Å². The van der Waals surface area contributed by atoms with E-state index in [4.69, 9.17) is 4.74 Å². The number of ether oxygens (including phenoxy) is 1. The molecule has 0 saturated carbocycles. The Labute approximate surface area is 158 Å². The highest BCUT2D eigenvalue weighted by atomic mass is 16.5. The summed E-state index contributed by atoms with van der Waals surface area (Å²) in [6.07, 6.45) is 0.608. The summed E-state index contributed by atoms with van der Waals surface area (Å²) in [5.41, 5.74) is 2.53. The first-order valence-electron chi connectivity index (χ1n) is 8.94. The van der Waals surface area contributed by atoms with Crippen LogP contribution in [0.25, 0.3) is 5.76 Å². The highest BCUT2D eigenvalue weighted by molar-refractivity contribution is 6.46. The Kier molecular flexibility index (Phi) is 5.72. The maximum Gasteiger partial charge on any atom is 0.295 e. The number of rotatable bonds is 6. The third-order valence-electron chi connectivity index (χ3n) is 4.73. The summed E-state index contributed by atoms with van der Waals surface area (Å²) < 4.78 is 5.08. The highest BCUT2D eigenvalue weighted by Crippen LogP contribution is 2.39. The first-order valence-corrected chi connectivity index (χ1v) is 8.94. The van der Waals surface area contributed by atoms with Crippen molar-refractivity contribution in [3.05, 3.63) is 76.9 Å². The van der Waals surface area contributed by atoms with E-state index in [1.54, 1.807) is 31.4 Å². The van der Waals surface area contributed by atoms with Gasteiger partial charge in [-0.1, -0.05) is 60.2 Å². The molecule has 5 heteroatoms. The van der Waals surface area contributed by atoms with E-state index in [0.29, 0.717) is 25.1 Å². The fraction of sp³-hybridized carbons (Fsp3) is 0.273. The van der Waals surface area contributed by atoms with Gasteiger partial charge in [0.15, 0.2) is 0 Å². The standard InChI is InChI=1S/C22H23NO4/c1-15-9-11-16(12-10-15)19-18(20(24)17-7-4-3-5-8-17)21(25)22(26)23(19)13-6-14-27-2/h3-5,7-12,19,24H,6,13-14H2,1-2H3/b20-18+/t19-/m0/s1. The molecular weight excluding hydrogens is 342 g/mol. The number of nitrogens with zero attached hydrogens (tertiary/aromatic N) is 1. The molecule has 1 fully saturated rings. The third kappa shape index (κ3) is 3.78. The minimum Gasteiger partial charge on any atom is -0.507 e. The minimum absolute atomic E-state index is 0.132. The van der Waals surface area contributed by atoms with Crippen LogP contribution in [0.4, 0.5) is 0 Å². The van der Waals surface area contributed by atoms with Crippen molar-refractivity contribution in [1.82, 2.24) is 4.90 Å². The van der Waals surface area contributed by atoms with E-state index in [1.165, 1.54) is 4.90 Å². The van der Waals surface area contributed by atoms with E-state index in [-0.39, 0.29) is 11.3 Å². The van der Waals surface area contributed by atoms with Crippen LogP contribution in [0.3, 0.4) is 0 Å². The predicted octanol–water partition coefficient (Wildman–Crippen LogP) is 3.45. The highest BCUT2D eigenvalue weighted by Gasteiger charge is 2.45. The van der Waals surface area contributed by atoms with Crippen LogP contribution in [0.2, 0.25) is 0 Å². The molecule has 0 bridgehead atoms. The number of hydrogen-bond acceptors (Lipinski definition) is 4. The molecule has 0 radical (unpaired) electrons. The van der Waals surface area contributed by atoms with Gasteiger partial charge in [-0.25, -0.2) is 0 Å². The minimum atomic E-state index is -0.653. The van der Waals surface area contributed by atoms with Gasteiger partial charge in [0.1, 0.15) is 5.76 Å². The van der Waals surface area contributed by atoms with Crippen LogP contribution in [-0.2, 0) is 14.3 Å². The zero-order valence-corrected chi connectivity index (χ0v) is 15.5. The molecule has 0 spiro atoms. The lowest BCUT2D eigenvalue weighted by molar-refractivity contribution is -0.140. The van der Waals surface area contributed by atoms with Gasteiger partial charge in [0.05, 0.1) is 11.6 Å². The monoisotopic (exact) mass is 365 g/mol. The van der Waals surface area contributed by atoms with Gasteiger partial charge in [-0.15, -0.1) is 0 Å². The fourth-order valence-electron chi connectivity index (χ4n) is 3.34. The lowest BCUT2D eigenvalue weighted by atomic mass is 9.94. The number of methoxy groups -OCH3 is 1. The Morgan fingerprint density at radius 3 is 2.37 bits per heavy atom. The Balaban J connectivity index is 2.10. The Morgan fingerprint density at radius 1 is 1.07 bits per heavy atom. The maximum atomic E-state index is 12.8. The third-order valence-corrected chi connectivity index (χ3v) is 4.73. The summed E-state index contributed by atoms with van der Waals surface area (Å²) in [6, 6.07) is 15.9. The van der Waals surface area contributed by atoms with Crippen molar-refractivity contribution in [1.29, 1.82) is 0 Å². The van der Waals surface area contributed by atoms with Gasteiger partial charge in [-0.05, 0) is 18.9 Å². The quantitative estimate of drug-likeness (QED) is 0.368. The van der Waals surface area contributed by atoms with Crippen LogP contribution >= 0.6 is 0 Å². The lowest BCUT2D eigenvalue weighted by Crippen LogP contribution is -2.31. The zero-order chi connectivity index (χ0) is 19.4. The van der Waals surface area contributed by atoms with Crippen molar-refractivity contribution in [2.45, 2.75) is 19.4 Å². The van der Waals surface area contributed by atoms with E-state index in [1.807, 2.05) is 37.3 Å². The predicted molar refractivity (Wildman–Crippen MR) is 103 cm³/mol. The van der Waals surface area contributed by atoms with Crippen LogP contribution < -0.4 is 0 Å². The molecule has 1 aliphatic heterocycles. The normalized spacial score (nSPS) is 18.9. The summed E-state index contributed by atoms with van der Waals surface area (Å²) in [4.78, 5) is 27.0. The first kappa shape index (κ1) is 18.9. The Bertz CT molecular complexity index is 856. The number of likely N-dealkylation sites (tertiary alicyclic amines) is 1. The average molecular weight is 365 g/mol. The molecule has 140 valence electrons. The van der Waals surface area contributed by atoms with Crippen molar-refractivity contribution in [3.8, 4) is 0 Å². The van der Waals surface area contributed by atoms with Gasteiger partial charge in [-0.2, -0.15) is 0 Å². The summed E-state index contributed by atoms with van der Waals surface area (Å²) in [7, 11) is 1.60. The Morgan fingerprint density at radius 2 is 1.74 bits per heavy atom. The number of Topliss-reactive ketones (excluding diaryl/α,β-unsaturated/α-hetero) is 1. The average Bonchev–Trinajstić information content (AvgIpc) is 2.94. The van der Waals surface area contributed by atoms with Crippen molar-refractivity contribution in [3.63, 3.8) is 0 Å². The van der Waals surface area contributed by atoms with Gasteiger partial charge in [0, 0.05) is 25.8 Å². The molecule has 1 heterocycles. The van der Waals surface area contributed by atoms with Gasteiger partial charge in [0.25, 0.3) is 11.7 Å². The molecule has 1 saturated heterocycles. The van der Waals surface area contributed by atoms with Gasteiger partial charge >= 0.3 is 0 Å². The lowest BCUT2D eigenvalue weighted by Gasteiger charge is -2.25. The van der Waals surface area contributed by atoms with E-state index >= 15 is 0 Å². The second kappa shape index (κ2) is 8.18. The first-order chi connectivity index (χ1) is 13.0. The van der Waals surface area contributed by atoms with Crippen molar-refractivity contribution in [2.24, 2.45) is 0 Å². The van der Waals surface area contributed by atoms with Gasteiger partial charge in [0.2, 0.25) is 0 Å². The number of carbonyl (C=O) groups excluding carboxylic acids is 2. The van der Waals surface area contributed by atoms with Crippen LogP contribution in [0.15, 0.2) is 60.2 Å². The zero-order valence-electron chi connectivity index (χ0n) is 15.5. The van der Waals surface area contributed by atoms with E-state index in [0.717, 1.165) is 11.1 Å². The second-order valence-corrected chi connectivity index (χ2v) is 6.62. The second-order valence-electron chi connectivity index (χ2n) is 6.62. The number of hydrogen-bond donors (Lipinski definition) is 1. The molecule has 1 atom stereocenters. The number of carbonyl (C=O) groups is 2. The van der Waals surface area contributed by atoms with E-state index < -0.39 is 17.7 Å². The topological polar surface area (TPSA) is 66.8 Å². The van der Waals surface area contributed by atoms with Crippen molar-refractivity contribution >= 4 is 17.4 Å². The molecule has 0 aliphatic carbocycles. The van der Waals surface area contributed by atoms with Crippen LogP contribution in [0.5, 0.6) is 0 Å². The summed E-state index contributed by atoms with van der Waals surface area (Å²) in [5, 5.41) is 10.8. The van der Waals surface area contributed by atoms with E-state index in [9.17, 15) is 14.7 Å². The number of ketones is 1. The molecule has 3 rings (SSSR count). The molecule has 5 nitrogen and oxygen atoms in total. The smallest absolute Gasteiger partial charge is 0.295 e. The largest absolute Gasteiger partial charge is 0.507 e. The molecule has 1 aliphatic rings. The van der Waals surface area contributed by atoms with Gasteiger partial charge < -0.3 is 14.7 Å². The summed E-state index contributed by atoms with van der Waals surface area (Å²) in [6.45, 7) is 2.84. The van der Waals surface area contributed by atoms with Crippen LogP contribution in [0, 0.1) is 6.92 Å². The molecule has 2 aromatic carbocycles. The molecule has 2 aromatic rings. The maximum absolute atomic E-state index is 12.8. The fourth-order valence-corrected chi connectivity index (χ4v) is 3.34. The van der Waals surface area contributed by atoms with Crippen molar-refractivity contribution in [2.75, 3.05) is 20.3 Å². The molecular formula is C22H23NO4. The number of amides is 1. The van der Waals surface area contributed by atoms with E-state index in [2.05, 4.69) is 0 Å². The number of aliphatic hydroxyl groups is 1. The Hall–Kier alpha value is -2.92.